The van der Waals surface area contributed by atoms with E-state index in [1.165, 1.54) is 17.1 Å². The van der Waals surface area contributed by atoms with E-state index in [1.807, 2.05) is 0 Å². The van der Waals surface area contributed by atoms with Gasteiger partial charge in [-0.1, -0.05) is 17.7 Å². The lowest BCUT2D eigenvalue weighted by Crippen LogP contribution is -2.15. The van der Waals surface area contributed by atoms with E-state index in [4.69, 9.17) is 11.6 Å². The molecule has 3 aromatic rings. The zero-order valence-electron chi connectivity index (χ0n) is 12.1. The van der Waals surface area contributed by atoms with E-state index >= 15 is 0 Å². The first-order valence-corrected chi connectivity index (χ1v) is 7.07. The van der Waals surface area contributed by atoms with E-state index in [9.17, 15) is 9.90 Å². The van der Waals surface area contributed by atoms with Crippen LogP contribution in [-0.2, 0) is 0 Å². The second-order valence-corrected chi connectivity index (χ2v) is 5.17. The number of hydrogen-bond donors (Lipinski definition) is 2. The van der Waals surface area contributed by atoms with E-state index in [0.717, 1.165) is 0 Å². The number of halogens is 1. The van der Waals surface area contributed by atoms with Crippen molar-refractivity contribution in [1.82, 2.24) is 20.0 Å². The highest BCUT2D eigenvalue weighted by molar-refractivity contribution is 6.30. The minimum absolute atomic E-state index is 0.0641. The Morgan fingerprint density at radius 1 is 1.26 bits per heavy atom. The molecule has 0 bridgehead atoms. The Morgan fingerprint density at radius 3 is 2.83 bits per heavy atom. The highest BCUT2D eigenvalue weighted by atomic mass is 35.5. The largest absolute Gasteiger partial charge is 0.504 e. The molecule has 0 aliphatic rings. The smallest absolute Gasteiger partial charge is 0.279 e. The van der Waals surface area contributed by atoms with Gasteiger partial charge >= 0.3 is 0 Å². The SMILES string of the molecule is Cc1nn(-c2cccc(Cl)c2)nc1C(=O)Nc1ncccc1O. The first-order chi connectivity index (χ1) is 11.0. The van der Waals surface area contributed by atoms with E-state index in [0.29, 0.717) is 16.4 Å². The molecular formula is C15H12ClN5O2. The van der Waals surface area contributed by atoms with Crippen molar-refractivity contribution in [2.24, 2.45) is 0 Å². The fourth-order valence-corrected chi connectivity index (χ4v) is 2.15. The maximum absolute atomic E-state index is 12.3. The van der Waals surface area contributed by atoms with Crippen LogP contribution in [0.2, 0.25) is 5.02 Å². The van der Waals surface area contributed by atoms with Gasteiger partial charge in [0.15, 0.2) is 17.3 Å². The molecule has 2 N–H and O–H groups in total. The summed E-state index contributed by atoms with van der Waals surface area (Å²) in [7, 11) is 0. The van der Waals surface area contributed by atoms with Crippen LogP contribution in [0, 0.1) is 6.92 Å². The van der Waals surface area contributed by atoms with Gasteiger partial charge in [0, 0.05) is 11.2 Å². The fourth-order valence-electron chi connectivity index (χ4n) is 1.96. The zero-order chi connectivity index (χ0) is 16.4. The van der Waals surface area contributed by atoms with Gasteiger partial charge in [0.1, 0.15) is 0 Å². The van der Waals surface area contributed by atoms with Crippen LogP contribution >= 0.6 is 11.6 Å². The third-order valence-corrected chi connectivity index (χ3v) is 3.29. The lowest BCUT2D eigenvalue weighted by Gasteiger charge is -2.04. The highest BCUT2D eigenvalue weighted by Crippen LogP contribution is 2.20. The van der Waals surface area contributed by atoms with Crippen molar-refractivity contribution in [2.45, 2.75) is 6.92 Å². The van der Waals surface area contributed by atoms with Crippen molar-refractivity contribution in [2.75, 3.05) is 5.32 Å². The summed E-state index contributed by atoms with van der Waals surface area (Å²) < 4.78 is 0. The van der Waals surface area contributed by atoms with Crippen LogP contribution < -0.4 is 5.32 Å². The fraction of sp³-hybridized carbons (Fsp3) is 0.0667. The topological polar surface area (TPSA) is 92.9 Å². The van der Waals surface area contributed by atoms with Crippen LogP contribution in [0.5, 0.6) is 5.75 Å². The first kappa shape index (κ1) is 15.0. The Kier molecular flexibility index (Phi) is 3.94. The Labute approximate surface area is 136 Å². The maximum Gasteiger partial charge on any atom is 0.279 e. The number of carbonyl (C=O) groups excluding carboxylic acids is 1. The number of nitrogens with one attached hydrogen (secondary N) is 1. The molecule has 1 amide bonds. The number of rotatable bonds is 3. The Morgan fingerprint density at radius 2 is 2.09 bits per heavy atom. The summed E-state index contributed by atoms with van der Waals surface area (Å²) in [6.45, 7) is 1.67. The summed E-state index contributed by atoms with van der Waals surface area (Å²) in [4.78, 5) is 17.5. The number of carbonyl (C=O) groups is 1. The number of aromatic hydroxyl groups is 1. The summed E-state index contributed by atoms with van der Waals surface area (Å²) in [5.41, 5.74) is 1.22. The van der Waals surface area contributed by atoms with Crippen molar-refractivity contribution in [3.8, 4) is 11.4 Å². The molecule has 8 heteroatoms. The van der Waals surface area contributed by atoms with E-state index in [-0.39, 0.29) is 17.3 Å². The molecule has 0 radical (unpaired) electrons. The molecular weight excluding hydrogens is 318 g/mol. The number of aryl methyl sites for hydroxylation is 1. The van der Waals surface area contributed by atoms with Crippen molar-refractivity contribution >= 4 is 23.3 Å². The van der Waals surface area contributed by atoms with Crippen LogP contribution in [0.15, 0.2) is 42.6 Å². The lowest BCUT2D eigenvalue weighted by atomic mass is 10.3. The number of anilines is 1. The lowest BCUT2D eigenvalue weighted by molar-refractivity contribution is 0.102. The summed E-state index contributed by atoms with van der Waals surface area (Å²) in [6.07, 6.45) is 1.46. The molecule has 7 nitrogen and oxygen atoms in total. The molecule has 0 unspecified atom stereocenters. The quantitative estimate of drug-likeness (QED) is 0.770. The minimum Gasteiger partial charge on any atom is -0.504 e. The van der Waals surface area contributed by atoms with Gasteiger partial charge in [0.05, 0.1) is 11.4 Å². The summed E-state index contributed by atoms with van der Waals surface area (Å²) in [6, 6.07) is 9.95. The predicted molar refractivity (Wildman–Crippen MR) is 85.0 cm³/mol. The molecule has 0 fully saturated rings. The van der Waals surface area contributed by atoms with Crippen LogP contribution in [0.3, 0.4) is 0 Å². The molecule has 1 aromatic carbocycles. The average molecular weight is 330 g/mol. The number of nitrogens with zero attached hydrogens (tertiary/aromatic N) is 4. The van der Waals surface area contributed by atoms with Crippen molar-refractivity contribution in [1.29, 1.82) is 0 Å². The van der Waals surface area contributed by atoms with Gasteiger partial charge in [-0.05, 0) is 37.3 Å². The van der Waals surface area contributed by atoms with Gasteiger partial charge in [-0.15, -0.1) is 5.10 Å². The normalized spacial score (nSPS) is 10.5. The second kappa shape index (κ2) is 6.05. The molecule has 116 valence electrons. The van der Waals surface area contributed by atoms with Crippen molar-refractivity contribution < 1.29 is 9.90 Å². The Balaban J connectivity index is 1.89. The van der Waals surface area contributed by atoms with E-state index in [2.05, 4.69) is 20.5 Å². The molecule has 0 aliphatic carbocycles. The molecule has 0 spiro atoms. The molecule has 2 heterocycles. The van der Waals surface area contributed by atoms with Crippen molar-refractivity contribution in [3.05, 3.63) is 59.0 Å². The molecule has 2 aromatic heterocycles. The number of hydrogen-bond acceptors (Lipinski definition) is 5. The molecule has 0 saturated carbocycles. The molecule has 3 rings (SSSR count). The van der Waals surface area contributed by atoms with Gasteiger partial charge < -0.3 is 10.4 Å². The standard InChI is InChI=1S/C15H12ClN5O2/c1-9-13(15(23)18-14-12(22)6-3-7-17-14)20-21(19-9)11-5-2-4-10(16)8-11/h2-8,22H,1H3,(H,17,18,23). The van der Waals surface area contributed by atoms with Gasteiger partial charge in [-0.2, -0.15) is 9.90 Å². The van der Waals surface area contributed by atoms with Gasteiger partial charge in [-0.25, -0.2) is 4.98 Å². The van der Waals surface area contributed by atoms with Gasteiger partial charge in [0.25, 0.3) is 5.91 Å². The second-order valence-electron chi connectivity index (χ2n) is 4.73. The third kappa shape index (κ3) is 3.14. The average Bonchev–Trinajstić information content (AvgIpc) is 2.92. The molecule has 0 saturated heterocycles. The molecule has 0 aliphatic heterocycles. The Hall–Kier alpha value is -2.93. The summed E-state index contributed by atoms with van der Waals surface area (Å²) >= 11 is 5.94. The number of pyridine rings is 1. The van der Waals surface area contributed by atoms with Crippen LogP contribution in [0.4, 0.5) is 5.82 Å². The van der Waals surface area contributed by atoms with Crippen LogP contribution in [0.1, 0.15) is 16.2 Å². The first-order valence-electron chi connectivity index (χ1n) is 6.70. The third-order valence-electron chi connectivity index (χ3n) is 3.05. The van der Waals surface area contributed by atoms with Crippen molar-refractivity contribution in [3.63, 3.8) is 0 Å². The maximum atomic E-state index is 12.3. The number of amides is 1. The van der Waals surface area contributed by atoms with Gasteiger partial charge in [0.2, 0.25) is 0 Å². The summed E-state index contributed by atoms with van der Waals surface area (Å²) in [5.74, 6) is -0.570. The molecule has 0 atom stereocenters. The zero-order valence-corrected chi connectivity index (χ0v) is 12.8. The summed E-state index contributed by atoms with van der Waals surface area (Å²) in [5, 5.41) is 21.1. The van der Waals surface area contributed by atoms with E-state index in [1.54, 1.807) is 37.3 Å². The van der Waals surface area contributed by atoms with Crippen LogP contribution in [0.25, 0.3) is 5.69 Å². The van der Waals surface area contributed by atoms with Crippen LogP contribution in [-0.4, -0.2) is 31.0 Å². The van der Waals surface area contributed by atoms with Gasteiger partial charge in [-0.3, -0.25) is 4.79 Å². The predicted octanol–water partition coefficient (Wildman–Crippen LogP) is 2.58. The Bertz CT molecular complexity index is 878. The monoisotopic (exact) mass is 329 g/mol. The number of benzene rings is 1. The molecule has 23 heavy (non-hydrogen) atoms. The highest BCUT2D eigenvalue weighted by Gasteiger charge is 2.18. The minimum atomic E-state index is -0.509. The number of aromatic nitrogens is 4. The van der Waals surface area contributed by atoms with E-state index < -0.39 is 5.91 Å².